The van der Waals surface area contributed by atoms with Crippen molar-refractivity contribution in [3.63, 3.8) is 0 Å². The number of sulfonamides is 1. The minimum atomic E-state index is -4.72. The van der Waals surface area contributed by atoms with Gasteiger partial charge in [-0.25, -0.2) is 13.1 Å². The number of hydrogen-bond donors (Lipinski definition) is 3. The van der Waals surface area contributed by atoms with E-state index >= 15 is 0 Å². The normalized spacial score (nSPS) is 16.2. The fraction of sp³-hybridized carbons (Fsp3) is 0.375. The number of nitrogens with zero attached hydrogens (tertiary/aromatic N) is 1. The average molecular weight is 613 g/mol. The van der Waals surface area contributed by atoms with E-state index in [2.05, 4.69) is 42.2 Å². The van der Waals surface area contributed by atoms with Crippen LogP contribution in [0.5, 0.6) is 0 Å². The molecule has 0 radical (unpaired) electrons. The molecule has 1 aliphatic carbocycles. The second-order valence-corrected chi connectivity index (χ2v) is 13.5. The monoisotopic (exact) mass is 612 g/mol. The van der Waals surface area contributed by atoms with Crippen LogP contribution in [0.2, 0.25) is 0 Å². The Morgan fingerprint density at radius 3 is 2.42 bits per heavy atom. The van der Waals surface area contributed by atoms with Gasteiger partial charge >= 0.3 is 6.18 Å². The Balaban J connectivity index is 1.55. The highest BCUT2D eigenvalue weighted by Gasteiger charge is 2.33. The molecule has 7 nitrogen and oxygen atoms in total. The van der Waals surface area contributed by atoms with E-state index in [1.807, 2.05) is 18.2 Å². The molecule has 0 saturated heterocycles. The fourth-order valence-corrected chi connectivity index (χ4v) is 6.32. The van der Waals surface area contributed by atoms with E-state index in [1.54, 1.807) is 0 Å². The molecule has 0 aliphatic heterocycles. The molecule has 2 atom stereocenters. The third-order valence-corrected chi connectivity index (χ3v) is 8.75. The van der Waals surface area contributed by atoms with E-state index in [0.29, 0.717) is 23.7 Å². The fourth-order valence-electron chi connectivity index (χ4n) is 5.05. The number of carbonyl (C=O) groups is 1. The van der Waals surface area contributed by atoms with Gasteiger partial charge in [0.1, 0.15) is 0 Å². The Labute approximate surface area is 250 Å². The van der Waals surface area contributed by atoms with Gasteiger partial charge in [0.25, 0.3) is 0 Å². The van der Waals surface area contributed by atoms with Gasteiger partial charge < -0.3 is 10.6 Å². The predicted octanol–water partition coefficient (Wildman–Crippen LogP) is 6.07. The summed E-state index contributed by atoms with van der Waals surface area (Å²) in [6, 6.07) is 16.3. The van der Waals surface area contributed by atoms with Crippen LogP contribution in [0.3, 0.4) is 0 Å². The van der Waals surface area contributed by atoms with Crippen molar-refractivity contribution in [1.29, 1.82) is 5.26 Å². The number of hydrogen-bond acceptors (Lipinski definition) is 5. The molecule has 3 N–H and O–H groups in total. The Kier molecular flexibility index (Phi) is 9.64. The maximum Gasteiger partial charge on any atom is 0.416 e. The van der Waals surface area contributed by atoms with Crippen molar-refractivity contribution in [2.45, 2.75) is 81.7 Å². The number of rotatable bonds is 9. The van der Waals surface area contributed by atoms with Gasteiger partial charge in [0, 0.05) is 18.5 Å². The standard InChI is InChI=1S/C32H35F3N4O3S/c1-31(2,3)37-20-22-12-15-27-24(16-22)6-4-9-28(27)38-30(40)18-29(23-13-10-21(19-36)11-14-23)39-43(41,42)26-8-5-7-25(17-26)32(33,34)35/h5,7-8,10-17,28-29,37,39H,4,6,9,18,20H2,1-3H3,(H,38,40)/t28-,29+/m1/s1. The van der Waals surface area contributed by atoms with E-state index in [-0.39, 0.29) is 18.0 Å². The number of halogens is 3. The maximum absolute atomic E-state index is 13.4. The largest absolute Gasteiger partial charge is 0.416 e. The summed E-state index contributed by atoms with van der Waals surface area (Å²) in [7, 11) is -4.46. The molecule has 228 valence electrons. The summed E-state index contributed by atoms with van der Waals surface area (Å²) in [5, 5.41) is 15.7. The topological polar surface area (TPSA) is 111 Å². The van der Waals surface area contributed by atoms with Crippen LogP contribution in [-0.2, 0) is 34.0 Å². The molecule has 4 rings (SSSR count). The first-order valence-corrected chi connectivity index (χ1v) is 15.5. The van der Waals surface area contributed by atoms with Gasteiger partial charge in [-0.2, -0.15) is 18.4 Å². The summed E-state index contributed by atoms with van der Waals surface area (Å²) >= 11 is 0. The molecular weight excluding hydrogens is 577 g/mol. The van der Waals surface area contributed by atoms with Crippen LogP contribution in [0, 0.1) is 11.3 Å². The lowest BCUT2D eigenvalue weighted by molar-refractivity contribution is -0.137. The van der Waals surface area contributed by atoms with Gasteiger partial charge in [0.2, 0.25) is 15.9 Å². The lowest BCUT2D eigenvalue weighted by atomic mass is 9.86. The van der Waals surface area contributed by atoms with Crippen molar-refractivity contribution in [3.05, 3.63) is 100 Å². The first-order chi connectivity index (χ1) is 20.1. The highest BCUT2D eigenvalue weighted by molar-refractivity contribution is 7.89. The molecule has 0 aromatic heterocycles. The number of alkyl halides is 3. The van der Waals surface area contributed by atoms with Crippen LogP contribution in [0.25, 0.3) is 0 Å². The van der Waals surface area contributed by atoms with Crippen LogP contribution >= 0.6 is 0 Å². The molecule has 0 fully saturated rings. The van der Waals surface area contributed by atoms with Gasteiger partial charge in [0.15, 0.2) is 0 Å². The van der Waals surface area contributed by atoms with Crippen LogP contribution in [0.1, 0.15) is 85.5 Å². The highest BCUT2D eigenvalue weighted by atomic mass is 32.2. The molecule has 1 aliphatic rings. The molecule has 11 heteroatoms. The number of amides is 1. The van der Waals surface area contributed by atoms with E-state index in [1.165, 1.54) is 24.3 Å². The van der Waals surface area contributed by atoms with Gasteiger partial charge in [-0.05, 0) is 92.6 Å². The molecule has 0 unspecified atom stereocenters. The van der Waals surface area contributed by atoms with Gasteiger partial charge in [0.05, 0.1) is 34.2 Å². The van der Waals surface area contributed by atoms with Crippen LogP contribution < -0.4 is 15.4 Å². The van der Waals surface area contributed by atoms with E-state index in [9.17, 15) is 26.4 Å². The SMILES string of the molecule is CC(C)(C)NCc1ccc2c(c1)CCC[C@H]2NC(=O)C[C@H](NS(=O)(=O)c1cccc(C(F)(F)F)c1)c1ccc(C#N)cc1. The minimum absolute atomic E-state index is 0.0273. The summed E-state index contributed by atoms with van der Waals surface area (Å²) in [4.78, 5) is 12.8. The van der Waals surface area contributed by atoms with Crippen LogP contribution in [0.4, 0.5) is 13.2 Å². The van der Waals surface area contributed by atoms with Crippen LogP contribution in [0.15, 0.2) is 71.6 Å². The Bertz CT molecular complexity index is 1610. The van der Waals surface area contributed by atoms with E-state index in [0.717, 1.165) is 54.2 Å². The summed E-state index contributed by atoms with van der Waals surface area (Å²) in [6.07, 6.45) is -2.55. The van der Waals surface area contributed by atoms with E-state index in [4.69, 9.17) is 5.26 Å². The average Bonchev–Trinajstić information content (AvgIpc) is 2.95. The number of benzene rings is 3. The second-order valence-electron chi connectivity index (χ2n) is 11.8. The molecule has 3 aromatic carbocycles. The van der Waals surface area contributed by atoms with Gasteiger partial charge in [-0.1, -0.05) is 36.4 Å². The zero-order chi connectivity index (χ0) is 31.4. The summed E-state index contributed by atoms with van der Waals surface area (Å²) < 4.78 is 68.7. The van der Waals surface area contributed by atoms with Crippen molar-refractivity contribution in [3.8, 4) is 6.07 Å². The molecule has 43 heavy (non-hydrogen) atoms. The maximum atomic E-state index is 13.4. The molecule has 1 amide bonds. The van der Waals surface area contributed by atoms with Gasteiger partial charge in [-0.15, -0.1) is 0 Å². The highest BCUT2D eigenvalue weighted by Crippen LogP contribution is 2.33. The third-order valence-electron chi connectivity index (χ3n) is 7.28. The summed E-state index contributed by atoms with van der Waals surface area (Å²) in [6.45, 7) is 7.01. The Morgan fingerprint density at radius 1 is 1.05 bits per heavy atom. The molecular formula is C32H35F3N4O3S. The summed E-state index contributed by atoms with van der Waals surface area (Å²) in [5.74, 6) is -0.419. The number of nitrogens with one attached hydrogen (secondary N) is 3. The lowest BCUT2D eigenvalue weighted by Crippen LogP contribution is -2.36. The lowest BCUT2D eigenvalue weighted by Gasteiger charge is -2.28. The molecule has 3 aromatic rings. The number of nitriles is 1. The molecule has 0 bridgehead atoms. The van der Waals surface area contributed by atoms with Crippen molar-refractivity contribution < 1.29 is 26.4 Å². The Hall–Kier alpha value is -3.72. The first kappa shape index (κ1) is 32.2. The molecule has 0 spiro atoms. The minimum Gasteiger partial charge on any atom is -0.349 e. The first-order valence-electron chi connectivity index (χ1n) is 14.0. The van der Waals surface area contributed by atoms with Crippen molar-refractivity contribution >= 4 is 15.9 Å². The number of carbonyl (C=O) groups excluding carboxylic acids is 1. The molecule has 0 saturated carbocycles. The number of aryl methyl sites for hydroxylation is 1. The zero-order valence-electron chi connectivity index (χ0n) is 24.3. The summed E-state index contributed by atoms with van der Waals surface area (Å²) in [5.41, 5.74) is 2.91. The quantitative estimate of drug-likeness (QED) is 0.272. The van der Waals surface area contributed by atoms with Crippen molar-refractivity contribution in [2.75, 3.05) is 0 Å². The second kappa shape index (κ2) is 12.9. The van der Waals surface area contributed by atoms with E-state index < -0.39 is 38.6 Å². The predicted molar refractivity (Wildman–Crippen MR) is 157 cm³/mol. The van der Waals surface area contributed by atoms with Gasteiger partial charge in [-0.3, -0.25) is 4.79 Å². The smallest absolute Gasteiger partial charge is 0.349 e. The molecule has 0 heterocycles. The number of fused-ring (bicyclic) bond motifs is 1. The van der Waals surface area contributed by atoms with Crippen LogP contribution in [-0.4, -0.2) is 19.9 Å². The van der Waals surface area contributed by atoms with Crippen molar-refractivity contribution in [1.82, 2.24) is 15.4 Å². The zero-order valence-corrected chi connectivity index (χ0v) is 25.1. The van der Waals surface area contributed by atoms with Crippen molar-refractivity contribution in [2.24, 2.45) is 0 Å². The third kappa shape index (κ3) is 8.66. The Morgan fingerprint density at radius 2 is 1.77 bits per heavy atom.